The van der Waals surface area contributed by atoms with Crippen molar-refractivity contribution in [3.63, 3.8) is 0 Å². The first-order valence-electron chi connectivity index (χ1n) is 6.18. The number of hydrogen-bond acceptors (Lipinski definition) is 3. The molecule has 0 radical (unpaired) electrons. The third kappa shape index (κ3) is 4.55. The standard InChI is InChI=1S/C13H20ClN3O/c1-3-17(4-2)10-9-15-13(18)11-5-7-12(16-14)8-6-11/h5-8,16H,3-4,9-10H2,1-2H3,(H,15,18). The number of likely N-dealkylation sites (N-methyl/N-ethyl adjacent to an activating group) is 1. The number of hydrogen-bond donors (Lipinski definition) is 2. The SMILES string of the molecule is CCN(CC)CCNC(=O)c1ccc(NCl)cc1. The van der Waals surface area contributed by atoms with Gasteiger partial charge in [-0.3, -0.25) is 9.63 Å². The Balaban J connectivity index is 2.40. The minimum atomic E-state index is -0.0525. The molecule has 0 atom stereocenters. The van der Waals surface area contributed by atoms with Crippen LogP contribution in [0.1, 0.15) is 24.2 Å². The lowest BCUT2D eigenvalue weighted by atomic mass is 10.2. The van der Waals surface area contributed by atoms with Crippen LogP contribution in [0.15, 0.2) is 24.3 Å². The quantitative estimate of drug-likeness (QED) is 0.747. The summed E-state index contributed by atoms with van der Waals surface area (Å²) in [6.45, 7) is 7.77. The van der Waals surface area contributed by atoms with Gasteiger partial charge >= 0.3 is 0 Å². The maximum Gasteiger partial charge on any atom is 0.251 e. The Hall–Kier alpha value is -1.26. The van der Waals surface area contributed by atoms with Gasteiger partial charge in [0.1, 0.15) is 0 Å². The van der Waals surface area contributed by atoms with E-state index in [-0.39, 0.29) is 5.91 Å². The van der Waals surface area contributed by atoms with E-state index in [1.807, 2.05) is 0 Å². The van der Waals surface area contributed by atoms with E-state index in [1.54, 1.807) is 24.3 Å². The second-order valence-corrected chi connectivity index (χ2v) is 4.14. The van der Waals surface area contributed by atoms with Crippen molar-refractivity contribution < 1.29 is 4.79 Å². The third-order valence-corrected chi connectivity index (χ3v) is 3.08. The molecular weight excluding hydrogens is 250 g/mol. The topological polar surface area (TPSA) is 44.4 Å². The summed E-state index contributed by atoms with van der Waals surface area (Å²) in [6, 6.07) is 7.04. The minimum absolute atomic E-state index is 0.0525. The molecule has 0 bridgehead atoms. The van der Waals surface area contributed by atoms with E-state index in [0.717, 1.165) is 25.3 Å². The van der Waals surface area contributed by atoms with Gasteiger partial charge in [-0.1, -0.05) is 13.8 Å². The molecule has 0 aliphatic rings. The normalized spacial score (nSPS) is 10.4. The van der Waals surface area contributed by atoms with Crippen LogP contribution >= 0.6 is 11.8 Å². The number of nitrogens with one attached hydrogen (secondary N) is 2. The van der Waals surface area contributed by atoms with Gasteiger partial charge in [0.2, 0.25) is 0 Å². The van der Waals surface area contributed by atoms with E-state index in [2.05, 4.69) is 28.9 Å². The van der Waals surface area contributed by atoms with E-state index in [0.29, 0.717) is 12.1 Å². The Bertz CT molecular complexity index is 363. The second-order valence-electron chi connectivity index (χ2n) is 3.95. The smallest absolute Gasteiger partial charge is 0.251 e. The summed E-state index contributed by atoms with van der Waals surface area (Å²) >= 11 is 5.45. The molecule has 2 N–H and O–H groups in total. The van der Waals surface area contributed by atoms with Crippen LogP contribution in [0.2, 0.25) is 0 Å². The fourth-order valence-electron chi connectivity index (χ4n) is 1.65. The summed E-state index contributed by atoms with van der Waals surface area (Å²) in [6.07, 6.45) is 0. The van der Waals surface area contributed by atoms with Gasteiger partial charge in [-0.2, -0.15) is 0 Å². The highest BCUT2D eigenvalue weighted by atomic mass is 35.5. The fraction of sp³-hybridized carbons (Fsp3) is 0.462. The van der Waals surface area contributed by atoms with Gasteiger partial charge in [-0.15, -0.1) is 0 Å². The molecule has 0 aliphatic carbocycles. The lowest BCUT2D eigenvalue weighted by Gasteiger charge is -2.17. The number of carbonyl (C=O) groups is 1. The molecule has 1 aromatic rings. The Morgan fingerprint density at radius 1 is 1.22 bits per heavy atom. The summed E-state index contributed by atoms with van der Waals surface area (Å²) < 4.78 is 0. The average molecular weight is 270 g/mol. The molecule has 0 fully saturated rings. The maximum atomic E-state index is 11.8. The Morgan fingerprint density at radius 3 is 2.33 bits per heavy atom. The van der Waals surface area contributed by atoms with Crippen LogP contribution < -0.4 is 10.2 Å². The molecule has 0 aliphatic heterocycles. The number of halogens is 1. The van der Waals surface area contributed by atoms with Crippen LogP contribution in [0.3, 0.4) is 0 Å². The molecule has 5 heteroatoms. The molecule has 4 nitrogen and oxygen atoms in total. The number of benzene rings is 1. The Morgan fingerprint density at radius 2 is 1.83 bits per heavy atom. The van der Waals surface area contributed by atoms with Gasteiger partial charge in [0.15, 0.2) is 0 Å². The second kappa shape index (κ2) is 7.95. The van der Waals surface area contributed by atoms with Crippen molar-refractivity contribution in [1.29, 1.82) is 0 Å². The first kappa shape index (κ1) is 14.8. The number of nitrogens with zero attached hydrogens (tertiary/aromatic N) is 1. The molecule has 1 rings (SSSR count). The highest BCUT2D eigenvalue weighted by molar-refractivity contribution is 6.23. The number of rotatable bonds is 7. The van der Waals surface area contributed by atoms with Gasteiger partial charge in [0.05, 0.1) is 0 Å². The number of carbonyl (C=O) groups excluding carboxylic acids is 1. The van der Waals surface area contributed by atoms with Gasteiger partial charge in [0, 0.05) is 36.1 Å². The van der Waals surface area contributed by atoms with Crippen molar-refractivity contribution in [1.82, 2.24) is 10.2 Å². The molecule has 0 spiro atoms. The summed E-state index contributed by atoms with van der Waals surface area (Å²) in [5, 5.41) is 2.90. The zero-order chi connectivity index (χ0) is 13.4. The van der Waals surface area contributed by atoms with Crippen molar-refractivity contribution >= 4 is 23.4 Å². The highest BCUT2D eigenvalue weighted by Crippen LogP contribution is 2.09. The summed E-state index contributed by atoms with van der Waals surface area (Å²) in [4.78, 5) is 16.6. The van der Waals surface area contributed by atoms with E-state index < -0.39 is 0 Å². The van der Waals surface area contributed by atoms with Crippen molar-refractivity contribution in [2.75, 3.05) is 31.0 Å². The van der Waals surface area contributed by atoms with Crippen LogP contribution in [0.5, 0.6) is 0 Å². The van der Waals surface area contributed by atoms with Crippen LogP contribution in [0.25, 0.3) is 0 Å². The zero-order valence-corrected chi connectivity index (χ0v) is 11.6. The molecule has 0 saturated carbocycles. The number of amides is 1. The predicted octanol–water partition coefficient (Wildman–Crippen LogP) is 2.32. The molecule has 18 heavy (non-hydrogen) atoms. The molecular formula is C13H20ClN3O. The van der Waals surface area contributed by atoms with Crippen molar-refractivity contribution in [2.24, 2.45) is 0 Å². The molecule has 0 aromatic heterocycles. The summed E-state index contributed by atoms with van der Waals surface area (Å²) in [7, 11) is 0. The highest BCUT2D eigenvalue weighted by Gasteiger charge is 2.05. The Kier molecular flexibility index (Phi) is 6.54. The van der Waals surface area contributed by atoms with Crippen molar-refractivity contribution in [2.45, 2.75) is 13.8 Å². The fourth-order valence-corrected chi connectivity index (χ4v) is 1.78. The van der Waals surface area contributed by atoms with Gasteiger partial charge in [-0.05, 0) is 37.4 Å². The molecule has 0 heterocycles. The molecule has 100 valence electrons. The van der Waals surface area contributed by atoms with Crippen LogP contribution in [-0.2, 0) is 0 Å². The monoisotopic (exact) mass is 269 g/mol. The van der Waals surface area contributed by atoms with Gasteiger partial charge in [-0.25, -0.2) is 0 Å². The molecule has 0 unspecified atom stereocenters. The Labute approximate surface area is 113 Å². The molecule has 1 aromatic carbocycles. The largest absolute Gasteiger partial charge is 0.351 e. The van der Waals surface area contributed by atoms with Gasteiger partial charge < -0.3 is 10.2 Å². The molecule has 1 amide bonds. The number of anilines is 1. The van der Waals surface area contributed by atoms with E-state index in [4.69, 9.17) is 11.8 Å². The maximum absolute atomic E-state index is 11.8. The lowest BCUT2D eigenvalue weighted by molar-refractivity contribution is 0.0949. The zero-order valence-electron chi connectivity index (χ0n) is 10.9. The summed E-state index contributed by atoms with van der Waals surface area (Å²) in [5.74, 6) is -0.0525. The van der Waals surface area contributed by atoms with E-state index in [1.165, 1.54) is 0 Å². The predicted molar refractivity (Wildman–Crippen MR) is 76.0 cm³/mol. The first-order valence-corrected chi connectivity index (χ1v) is 6.56. The average Bonchev–Trinajstić information content (AvgIpc) is 2.43. The van der Waals surface area contributed by atoms with Crippen LogP contribution in [0, 0.1) is 0 Å². The van der Waals surface area contributed by atoms with E-state index in [9.17, 15) is 4.79 Å². The van der Waals surface area contributed by atoms with E-state index >= 15 is 0 Å². The van der Waals surface area contributed by atoms with Crippen molar-refractivity contribution in [3.8, 4) is 0 Å². The summed E-state index contributed by atoms with van der Waals surface area (Å²) in [5.41, 5.74) is 1.42. The van der Waals surface area contributed by atoms with Gasteiger partial charge in [0.25, 0.3) is 5.91 Å². The van der Waals surface area contributed by atoms with Crippen LogP contribution in [0.4, 0.5) is 5.69 Å². The molecule has 0 saturated heterocycles. The minimum Gasteiger partial charge on any atom is -0.351 e. The third-order valence-electron chi connectivity index (χ3n) is 2.86. The lowest BCUT2D eigenvalue weighted by Crippen LogP contribution is -2.34. The first-order chi connectivity index (χ1) is 8.71. The van der Waals surface area contributed by atoms with Crippen LogP contribution in [-0.4, -0.2) is 37.0 Å². The van der Waals surface area contributed by atoms with Crippen molar-refractivity contribution in [3.05, 3.63) is 29.8 Å².